The molecule has 0 bridgehead atoms. The van der Waals surface area contributed by atoms with Gasteiger partial charge in [0.1, 0.15) is 0 Å². The summed E-state index contributed by atoms with van der Waals surface area (Å²) >= 11 is 0. The van der Waals surface area contributed by atoms with Crippen LogP contribution in [0.5, 0.6) is 0 Å². The van der Waals surface area contributed by atoms with Gasteiger partial charge in [0.15, 0.2) is 9.84 Å². The fraction of sp³-hybridized carbons (Fsp3) is 0.533. The van der Waals surface area contributed by atoms with Gasteiger partial charge in [0.25, 0.3) is 0 Å². The van der Waals surface area contributed by atoms with Gasteiger partial charge < -0.3 is 9.84 Å². The van der Waals surface area contributed by atoms with Crippen molar-refractivity contribution in [2.45, 2.75) is 38.2 Å². The summed E-state index contributed by atoms with van der Waals surface area (Å²) in [5.74, 6) is -0.809. The molecule has 0 radical (unpaired) electrons. The van der Waals surface area contributed by atoms with Crippen molar-refractivity contribution in [1.82, 2.24) is 0 Å². The molecule has 0 aliphatic rings. The van der Waals surface area contributed by atoms with Crippen LogP contribution >= 0.6 is 0 Å². The third-order valence-corrected chi connectivity index (χ3v) is 4.67. The van der Waals surface area contributed by atoms with Gasteiger partial charge in [-0.1, -0.05) is 19.9 Å². The SMILES string of the molecule is CC(C)CC(C)OCCS(=O)(=O)c1cccc(C(=O)O)c1. The maximum absolute atomic E-state index is 12.1. The van der Waals surface area contributed by atoms with Gasteiger partial charge in [-0.3, -0.25) is 0 Å². The first-order valence-corrected chi connectivity index (χ1v) is 8.55. The van der Waals surface area contributed by atoms with Crippen molar-refractivity contribution in [2.24, 2.45) is 5.92 Å². The predicted octanol–water partition coefficient (Wildman–Crippen LogP) is 2.61. The molecule has 5 nitrogen and oxygen atoms in total. The van der Waals surface area contributed by atoms with E-state index < -0.39 is 15.8 Å². The van der Waals surface area contributed by atoms with Crippen molar-refractivity contribution >= 4 is 15.8 Å². The number of ether oxygens (including phenoxy) is 1. The van der Waals surface area contributed by atoms with Crippen LogP contribution in [0.4, 0.5) is 0 Å². The molecule has 0 aliphatic carbocycles. The molecule has 1 N–H and O–H groups in total. The van der Waals surface area contributed by atoms with Crippen molar-refractivity contribution < 1.29 is 23.1 Å². The number of carboxylic acid groups (broad SMARTS) is 1. The fourth-order valence-electron chi connectivity index (χ4n) is 2.03. The van der Waals surface area contributed by atoms with Crippen LogP contribution in [-0.4, -0.2) is 38.0 Å². The van der Waals surface area contributed by atoms with Crippen LogP contribution in [0.3, 0.4) is 0 Å². The van der Waals surface area contributed by atoms with E-state index in [0.29, 0.717) is 5.92 Å². The lowest BCUT2D eigenvalue weighted by Crippen LogP contribution is -2.18. The quantitative estimate of drug-likeness (QED) is 0.797. The first kappa shape index (κ1) is 17.7. The number of benzene rings is 1. The van der Waals surface area contributed by atoms with E-state index in [2.05, 4.69) is 13.8 Å². The second-order valence-corrected chi connectivity index (χ2v) is 7.57. The zero-order chi connectivity index (χ0) is 16.0. The Morgan fingerprint density at radius 2 is 1.95 bits per heavy atom. The topological polar surface area (TPSA) is 80.7 Å². The molecule has 0 saturated carbocycles. The van der Waals surface area contributed by atoms with Crippen LogP contribution < -0.4 is 0 Å². The molecule has 0 spiro atoms. The van der Waals surface area contributed by atoms with Gasteiger partial charge in [-0.2, -0.15) is 0 Å². The van der Waals surface area contributed by atoms with E-state index >= 15 is 0 Å². The lowest BCUT2D eigenvalue weighted by molar-refractivity contribution is 0.0627. The number of sulfone groups is 1. The molecule has 0 aromatic heterocycles. The van der Waals surface area contributed by atoms with Crippen molar-refractivity contribution in [1.29, 1.82) is 0 Å². The van der Waals surface area contributed by atoms with Gasteiger partial charge in [0.2, 0.25) is 0 Å². The highest BCUT2D eigenvalue weighted by Gasteiger charge is 2.17. The molecule has 1 rings (SSSR count). The summed E-state index contributed by atoms with van der Waals surface area (Å²) in [7, 11) is -3.53. The molecule has 1 aromatic rings. The Morgan fingerprint density at radius 1 is 1.29 bits per heavy atom. The zero-order valence-electron chi connectivity index (χ0n) is 12.6. The first-order chi connectivity index (χ1) is 9.72. The smallest absolute Gasteiger partial charge is 0.335 e. The lowest BCUT2D eigenvalue weighted by Gasteiger charge is -2.15. The molecule has 21 heavy (non-hydrogen) atoms. The van der Waals surface area contributed by atoms with Gasteiger partial charge in [-0.15, -0.1) is 0 Å². The van der Waals surface area contributed by atoms with E-state index in [4.69, 9.17) is 9.84 Å². The highest BCUT2D eigenvalue weighted by molar-refractivity contribution is 7.91. The van der Waals surface area contributed by atoms with Gasteiger partial charge in [-0.05, 0) is 37.5 Å². The number of carboxylic acids is 1. The molecule has 0 heterocycles. The van der Waals surface area contributed by atoms with Crippen molar-refractivity contribution in [3.8, 4) is 0 Å². The van der Waals surface area contributed by atoms with Crippen LogP contribution in [0, 0.1) is 5.92 Å². The molecule has 0 amide bonds. The molecule has 0 aliphatic heterocycles. The Labute approximate surface area is 125 Å². The Balaban J connectivity index is 2.65. The predicted molar refractivity (Wildman–Crippen MR) is 80.3 cm³/mol. The van der Waals surface area contributed by atoms with E-state index in [1.807, 2.05) is 6.92 Å². The summed E-state index contributed by atoms with van der Waals surface area (Å²) in [6.45, 7) is 6.17. The third-order valence-electron chi connectivity index (χ3n) is 3.00. The highest BCUT2D eigenvalue weighted by atomic mass is 32.2. The monoisotopic (exact) mass is 314 g/mol. The summed E-state index contributed by atoms with van der Waals surface area (Å²) < 4.78 is 29.8. The standard InChI is InChI=1S/C15H22O5S/c1-11(2)9-12(3)20-7-8-21(18,19)14-6-4-5-13(10-14)15(16)17/h4-6,10-12H,7-9H2,1-3H3,(H,16,17). The number of hydrogen-bond donors (Lipinski definition) is 1. The van der Waals surface area contributed by atoms with Crippen LogP contribution in [0.2, 0.25) is 0 Å². The average Bonchev–Trinajstić information content (AvgIpc) is 2.37. The Hall–Kier alpha value is -1.40. The maximum atomic E-state index is 12.1. The summed E-state index contributed by atoms with van der Waals surface area (Å²) in [4.78, 5) is 10.9. The van der Waals surface area contributed by atoms with E-state index in [9.17, 15) is 13.2 Å². The van der Waals surface area contributed by atoms with Crippen molar-refractivity contribution in [2.75, 3.05) is 12.4 Å². The summed E-state index contributed by atoms with van der Waals surface area (Å²) in [6.07, 6.45) is 0.875. The minimum absolute atomic E-state index is 0.00514. The average molecular weight is 314 g/mol. The minimum Gasteiger partial charge on any atom is -0.478 e. The Bertz CT molecular complexity index is 577. The van der Waals surface area contributed by atoms with E-state index in [-0.39, 0.29) is 28.9 Å². The minimum atomic E-state index is -3.53. The number of hydrogen-bond acceptors (Lipinski definition) is 4. The molecule has 1 atom stereocenters. The summed E-state index contributed by atoms with van der Waals surface area (Å²) in [6, 6.07) is 5.37. The van der Waals surface area contributed by atoms with Gasteiger partial charge in [-0.25, -0.2) is 13.2 Å². The van der Waals surface area contributed by atoms with Crippen molar-refractivity contribution in [3.63, 3.8) is 0 Å². The molecule has 0 saturated heterocycles. The molecule has 6 heteroatoms. The number of rotatable bonds is 8. The third kappa shape index (κ3) is 5.85. The Kier molecular flexibility index (Phi) is 6.36. The maximum Gasteiger partial charge on any atom is 0.335 e. The lowest BCUT2D eigenvalue weighted by atomic mass is 10.1. The normalized spacial score (nSPS) is 13.3. The van der Waals surface area contributed by atoms with E-state index in [0.717, 1.165) is 6.42 Å². The highest BCUT2D eigenvalue weighted by Crippen LogP contribution is 2.14. The van der Waals surface area contributed by atoms with Crippen LogP contribution in [0.1, 0.15) is 37.6 Å². The van der Waals surface area contributed by atoms with Gasteiger partial charge >= 0.3 is 5.97 Å². The summed E-state index contributed by atoms with van der Waals surface area (Å²) in [5, 5.41) is 8.89. The van der Waals surface area contributed by atoms with Gasteiger partial charge in [0.05, 0.1) is 28.9 Å². The summed E-state index contributed by atoms with van der Waals surface area (Å²) in [5.41, 5.74) is -0.0369. The fourth-order valence-corrected chi connectivity index (χ4v) is 3.18. The number of carbonyl (C=O) groups is 1. The van der Waals surface area contributed by atoms with Crippen LogP contribution in [0.25, 0.3) is 0 Å². The van der Waals surface area contributed by atoms with E-state index in [1.165, 1.54) is 24.3 Å². The molecule has 1 aromatic carbocycles. The van der Waals surface area contributed by atoms with Crippen molar-refractivity contribution in [3.05, 3.63) is 29.8 Å². The second kappa shape index (κ2) is 7.56. The number of aromatic carboxylic acids is 1. The van der Waals surface area contributed by atoms with Crippen LogP contribution in [-0.2, 0) is 14.6 Å². The second-order valence-electron chi connectivity index (χ2n) is 5.46. The largest absolute Gasteiger partial charge is 0.478 e. The zero-order valence-corrected chi connectivity index (χ0v) is 13.4. The molecular formula is C15H22O5S. The molecule has 1 unspecified atom stereocenters. The first-order valence-electron chi connectivity index (χ1n) is 6.90. The van der Waals surface area contributed by atoms with Crippen LogP contribution in [0.15, 0.2) is 29.2 Å². The molecule has 118 valence electrons. The molecule has 0 fully saturated rings. The Morgan fingerprint density at radius 3 is 2.52 bits per heavy atom. The van der Waals surface area contributed by atoms with Gasteiger partial charge in [0, 0.05) is 0 Å². The van der Waals surface area contributed by atoms with E-state index in [1.54, 1.807) is 0 Å². The molecular weight excluding hydrogens is 292 g/mol.